The molecule has 0 unspecified atom stereocenters. The topological polar surface area (TPSA) is 12.4 Å². The SMILES string of the molecule is C=C/C=C\c1ccc(/C(=C\C(=C)C)c2ccc(C(=C)/C=C(\N=C(CC)c3ccc(C4=CCCC=C4)cc3)c3ccccc3)cc2)c(C)c1C. The van der Waals surface area contributed by atoms with Crippen molar-refractivity contribution in [2.24, 2.45) is 4.99 Å². The number of allylic oxidation sites excluding steroid dienone is 10. The smallest absolute Gasteiger partial charge is 0.0711 e. The molecule has 244 valence electrons. The fraction of sp³-hybridized carbons (Fsp3) is 0.146. The summed E-state index contributed by atoms with van der Waals surface area (Å²) in [7, 11) is 0. The number of hydrogen-bond donors (Lipinski definition) is 0. The van der Waals surface area contributed by atoms with Gasteiger partial charge >= 0.3 is 0 Å². The molecule has 1 aliphatic rings. The normalized spacial score (nSPS) is 13.8. The van der Waals surface area contributed by atoms with Gasteiger partial charge in [0.05, 0.1) is 5.70 Å². The Morgan fingerprint density at radius 1 is 0.755 bits per heavy atom. The van der Waals surface area contributed by atoms with E-state index in [4.69, 9.17) is 4.99 Å². The number of aliphatic imine (C=N–C) groups is 1. The molecule has 0 saturated heterocycles. The van der Waals surface area contributed by atoms with Gasteiger partial charge in [0.2, 0.25) is 0 Å². The fourth-order valence-corrected chi connectivity index (χ4v) is 6.13. The Balaban J connectivity index is 1.47. The first-order valence-corrected chi connectivity index (χ1v) is 17.2. The lowest BCUT2D eigenvalue weighted by molar-refractivity contribution is 1.04. The molecule has 5 rings (SSSR count). The van der Waals surface area contributed by atoms with Gasteiger partial charge in [-0.1, -0.05) is 166 Å². The zero-order valence-electron chi connectivity index (χ0n) is 29.5. The molecule has 0 heterocycles. The van der Waals surface area contributed by atoms with Gasteiger partial charge in [0.15, 0.2) is 0 Å². The van der Waals surface area contributed by atoms with Crippen molar-refractivity contribution >= 4 is 34.2 Å². The minimum atomic E-state index is 0.815. The van der Waals surface area contributed by atoms with E-state index in [-0.39, 0.29) is 0 Å². The predicted octanol–water partition coefficient (Wildman–Crippen LogP) is 13.2. The average Bonchev–Trinajstić information content (AvgIpc) is 3.14. The summed E-state index contributed by atoms with van der Waals surface area (Å²) in [4.78, 5) is 5.26. The quantitative estimate of drug-likeness (QED) is 0.108. The average molecular weight is 638 g/mol. The van der Waals surface area contributed by atoms with Crippen LogP contribution in [0.1, 0.15) is 83.2 Å². The molecule has 1 heteroatoms. The van der Waals surface area contributed by atoms with Crippen molar-refractivity contribution in [3.05, 3.63) is 209 Å². The van der Waals surface area contributed by atoms with Crippen LogP contribution in [0, 0.1) is 13.8 Å². The Hall–Kier alpha value is -5.53. The van der Waals surface area contributed by atoms with E-state index in [1.54, 1.807) is 0 Å². The highest BCUT2D eigenvalue weighted by atomic mass is 14.8. The molecule has 0 atom stereocenters. The van der Waals surface area contributed by atoms with E-state index >= 15 is 0 Å². The minimum absolute atomic E-state index is 0.815. The van der Waals surface area contributed by atoms with Gasteiger partial charge in [0.25, 0.3) is 0 Å². The lowest BCUT2D eigenvalue weighted by atomic mass is 9.88. The Kier molecular flexibility index (Phi) is 11.7. The monoisotopic (exact) mass is 637 g/mol. The number of nitrogens with zero attached hydrogens (tertiary/aromatic N) is 1. The van der Waals surface area contributed by atoms with E-state index in [0.717, 1.165) is 69.6 Å². The van der Waals surface area contributed by atoms with Gasteiger partial charge in [-0.2, -0.15) is 0 Å². The third kappa shape index (κ3) is 8.69. The van der Waals surface area contributed by atoms with Gasteiger partial charge < -0.3 is 0 Å². The van der Waals surface area contributed by atoms with Crippen LogP contribution in [0.4, 0.5) is 0 Å². The molecule has 0 radical (unpaired) electrons. The first kappa shape index (κ1) is 34.8. The maximum atomic E-state index is 5.26. The Bertz CT molecular complexity index is 2020. The summed E-state index contributed by atoms with van der Waals surface area (Å²) in [5, 5.41) is 0. The molecule has 0 fully saturated rings. The molecule has 4 aromatic rings. The van der Waals surface area contributed by atoms with E-state index in [2.05, 4.69) is 162 Å². The van der Waals surface area contributed by atoms with Crippen molar-refractivity contribution in [2.45, 2.75) is 47.0 Å². The van der Waals surface area contributed by atoms with Gasteiger partial charge in [-0.25, -0.2) is 0 Å². The molecule has 0 N–H and O–H groups in total. The van der Waals surface area contributed by atoms with Crippen LogP contribution < -0.4 is 0 Å². The number of rotatable bonds is 12. The summed E-state index contributed by atoms with van der Waals surface area (Å²) in [6, 6.07) is 32.3. The number of hydrogen-bond acceptors (Lipinski definition) is 1. The predicted molar refractivity (Wildman–Crippen MR) is 217 cm³/mol. The second-order valence-electron chi connectivity index (χ2n) is 12.6. The highest BCUT2D eigenvalue weighted by Crippen LogP contribution is 2.32. The van der Waals surface area contributed by atoms with Gasteiger partial charge in [-0.3, -0.25) is 4.99 Å². The highest BCUT2D eigenvalue weighted by Gasteiger charge is 2.13. The molecule has 0 aromatic heterocycles. The van der Waals surface area contributed by atoms with Crippen molar-refractivity contribution in [3.8, 4) is 0 Å². The first-order valence-electron chi connectivity index (χ1n) is 17.2. The van der Waals surface area contributed by atoms with Crippen molar-refractivity contribution in [3.63, 3.8) is 0 Å². The van der Waals surface area contributed by atoms with E-state index < -0.39 is 0 Å². The fourth-order valence-electron chi connectivity index (χ4n) is 6.13. The summed E-state index contributed by atoms with van der Waals surface area (Å²) in [5.74, 6) is 0. The maximum Gasteiger partial charge on any atom is 0.0711 e. The molecule has 4 aromatic carbocycles. The molecular weight excluding hydrogens is 591 g/mol. The Morgan fingerprint density at radius 3 is 2.08 bits per heavy atom. The van der Waals surface area contributed by atoms with E-state index in [1.165, 1.54) is 33.4 Å². The van der Waals surface area contributed by atoms with Crippen molar-refractivity contribution in [2.75, 3.05) is 0 Å². The minimum Gasteiger partial charge on any atom is -0.252 e. The summed E-state index contributed by atoms with van der Waals surface area (Å²) < 4.78 is 0. The second kappa shape index (κ2) is 16.5. The zero-order chi connectivity index (χ0) is 34.8. The standard InChI is InChI=1S/C48H47N/c1-8-10-17-39-30-31-45(37(7)36(39)6)46(32-34(3)4)42-26-22-38(23-27-42)35(5)33-48(43-20-15-12-16-21-43)49-47(9-2)44-28-24-41(25-29-44)40-18-13-11-14-19-40/h8,10,12-13,15-33H,1,3,5,9,11,14H2,2,4,6-7H3/b17-10-,46-32-,48-33-,49-47?. The van der Waals surface area contributed by atoms with Crippen LogP contribution in [0.2, 0.25) is 0 Å². The van der Waals surface area contributed by atoms with Gasteiger partial charge in [0, 0.05) is 11.3 Å². The largest absolute Gasteiger partial charge is 0.252 e. The van der Waals surface area contributed by atoms with E-state index in [0.29, 0.717) is 0 Å². The molecule has 0 aliphatic heterocycles. The van der Waals surface area contributed by atoms with E-state index in [9.17, 15) is 0 Å². The van der Waals surface area contributed by atoms with Crippen LogP contribution in [0.3, 0.4) is 0 Å². The summed E-state index contributed by atoms with van der Waals surface area (Å²) in [6.45, 7) is 21.1. The maximum absolute atomic E-state index is 5.26. The molecule has 0 spiro atoms. The third-order valence-corrected chi connectivity index (χ3v) is 9.01. The van der Waals surface area contributed by atoms with Crippen LogP contribution in [-0.4, -0.2) is 5.71 Å². The van der Waals surface area contributed by atoms with E-state index in [1.807, 2.05) is 25.1 Å². The first-order chi connectivity index (χ1) is 23.8. The lowest BCUT2D eigenvalue weighted by Gasteiger charge is -2.16. The Labute approximate surface area is 294 Å². The lowest BCUT2D eigenvalue weighted by Crippen LogP contribution is -2.01. The van der Waals surface area contributed by atoms with Crippen LogP contribution >= 0.6 is 0 Å². The number of benzene rings is 4. The molecule has 0 saturated carbocycles. The van der Waals surface area contributed by atoms with Gasteiger partial charge in [0.1, 0.15) is 0 Å². The second-order valence-corrected chi connectivity index (χ2v) is 12.6. The van der Waals surface area contributed by atoms with Crippen LogP contribution in [0.25, 0.3) is 28.5 Å². The zero-order valence-corrected chi connectivity index (χ0v) is 29.5. The molecule has 1 nitrogen and oxygen atoms in total. The van der Waals surface area contributed by atoms with Crippen molar-refractivity contribution in [1.29, 1.82) is 0 Å². The molecule has 1 aliphatic carbocycles. The van der Waals surface area contributed by atoms with Crippen LogP contribution in [0.5, 0.6) is 0 Å². The van der Waals surface area contributed by atoms with Crippen molar-refractivity contribution < 1.29 is 0 Å². The summed E-state index contributed by atoms with van der Waals surface area (Å²) >= 11 is 0. The van der Waals surface area contributed by atoms with Gasteiger partial charge in [-0.15, -0.1) is 0 Å². The Morgan fingerprint density at radius 2 is 1.45 bits per heavy atom. The van der Waals surface area contributed by atoms with Crippen LogP contribution in [0.15, 0.2) is 164 Å². The van der Waals surface area contributed by atoms with Crippen molar-refractivity contribution in [1.82, 2.24) is 0 Å². The molecule has 49 heavy (non-hydrogen) atoms. The molecule has 0 amide bonds. The molecular formula is C48H47N. The molecule has 0 bridgehead atoms. The third-order valence-electron chi connectivity index (χ3n) is 9.01. The summed E-state index contributed by atoms with van der Waals surface area (Å²) in [5.41, 5.74) is 16.9. The van der Waals surface area contributed by atoms with Gasteiger partial charge in [-0.05, 0) is 107 Å². The van der Waals surface area contributed by atoms with Crippen LogP contribution in [-0.2, 0) is 0 Å². The highest BCUT2D eigenvalue weighted by molar-refractivity contribution is 6.04. The summed E-state index contributed by atoms with van der Waals surface area (Å²) in [6.07, 6.45) is 20.0.